The van der Waals surface area contributed by atoms with Crippen LogP contribution >= 0.6 is 0 Å². The number of hydrogen-bond acceptors (Lipinski definition) is 2. The van der Waals surface area contributed by atoms with Crippen LogP contribution in [0.3, 0.4) is 0 Å². The van der Waals surface area contributed by atoms with E-state index >= 15 is 0 Å². The second-order valence-electron chi connectivity index (χ2n) is 4.46. The van der Waals surface area contributed by atoms with E-state index < -0.39 is 0 Å². The second kappa shape index (κ2) is 4.95. The van der Waals surface area contributed by atoms with Gasteiger partial charge in [0.25, 0.3) is 0 Å². The van der Waals surface area contributed by atoms with E-state index in [2.05, 4.69) is 43.1 Å². The lowest BCUT2D eigenvalue weighted by atomic mass is 10.0. The van der Waals surface area contributed by atoms with Gasteiger partial charge in [0.1, 0.15) is 5.69 Å². The van der Waals surface area contributed by atoms with Crippen molar-refractivity contribution in [2.45, 2.75) is 26.3 Å². The highest BCUT2D eigenvalue weighted by molar-refractivity contribution is 5.71. The van der Waals surface area contributed by atoms with E-state index in [9.17, 15) is 4.79 Å². The maximum Gasteiger partial charge on any atom is 0.168 e. The summed E-state index contributed by atoms with van der Waals surface area (Å²) in [5.41, 5.74) is 3.11. The van der Waals surface area contributed by atoms with Gasteiger partial charge in [0.2, 0.25) is 0 Å². The van der Waals surface area contributed by atoms with Crippen molar-refractivity contribution in [1.29, 1.82) is 0 Å². The Morgan fingerprint density at radius 2 is 2.00 bits per heavy atom. The first-order valence-corrected chi connectivity index (χ1v) is 5.75. The Morgan fingerprint density at radius 3 is 2.59 bits per heavy atom. The molecular weight excluding hydrogens is 212 g/mol. The summed E-state index contributed by atoms with van der Waals surface area (Å²) in [5, 5.41) is 0. The van der Waals surface area contributed by atoms with Gasteiger partial charge < -0.3 is 4.57 Å². The molecular formula is C14H16N2O. The second-order valence-corrected chi connectivity index (χ2v) is 4.46. The van der Waals surface area contributed by atoms with Crippen LogP contribution in [0, 0.1) is 0 Å². The number of carbonyl (C=O) groups is 1. The molecule has 0 amide bonds. The number of nitrogens with zero attached hydrogens (tertiary/aromatic N) is 2. The van der Waals surface area contributed by atoms with Crippen molar-refractivity contribution in [3.8, 4) is 0 Å². The SMILES string of the molecule is CC(C)c1ccc(Cn2cncc2C=O)cc1. The standard InChI is InChI=1S/C14H16N2O/c1-11(2)13-5-3-12(4-6-13)8-16-10-15-7-14(16)9-17/h3-7,9-11H,8H2,1-2H3. The van der Waals surface area contributed by atoms with Gasteiger partial charge in [-0.25, -0.2) is 4.98 Å². The predicted octanol–water partition coefficient (Wildman–Crippen LogP) is 2.87. The van der Waals surface area contributed by atoms with Crippen molar-refractivity contribution in [2.75, 3.05) is 0 Å². The molecule has 0 spiro atoms. The lowest BCUT2D eigenvalue weighted by Crippen LogP contribution is -2.02. The Bertz CT molecular complexity index is 497. The van der Waals surface area contributed by atoms with Gasteiger partial charge in [-0.15, -0.1) is 0 Å². The van der Waals surface area contributed by atoms with E-state index in [0.29, 0.717) is 18.2 Å². The minimum Gasteiger partial charge on any atom is -0.324 e. The molecule has 0 radical (unpaired) electrons. The molecule has 0 aliphatic carbocycles. The third kappa shape index (κ3) is 2.61. The molecule has 1 aromatic carbocycles. The highest BCUT2D eigenvalue weighted by atomic mass is 16.1. The molecule has 0 aliphatic heterocycles. The van der Waals surface area contributed by atoms with Crippen molar-refractivity contribution in [2.24, 2.45) is 0 Å². The van der Waals surface area contributed by atoms with Crippen molar-refractivity contribution in [1.82, 2.24) is 9.55 Å². The number of benzene rings is 1. The third-order valence-electron chi connectivity index (χ3n) is 2.86. The zero-order valence-corrected chi connectivity index (χ0v) is 10.1. The number of carbonyl (C=O) groups excluding carboxylic acids is 1. The smallest absolute Gasteiger partial charge is 0.168 e. The average molecular weight is 228 g/mol. The molecule has 3 nitrogen and oxygen atoms in total. The summed E-state index contributed by atoms with van der Waals surface area (Å²) < 4.78 is 1.84. The number of aldehydes is 1. The van der Waals surface area contributed by atoms with Crippen LogP contribution in [-0.2, 0) is 6.54 Å². The molecule has 0 atom stereocenters. The van der Waals surface area contributed by atoms with Crippen LogP contribution in [0.25, 0.3) is 0 Å². The molecule has 0 saturated carbocycles. The Kier molecular flexibility index (Phi) is 3.38. The quantitative estimate of drug-likeness (QED) is 0.754. The maximum atomic E-state index is 10.8. The summed E-state index contributed by atoms with van der Waals surface area (Å²) in [5.74, 6) is 0.544. The molecule has 0 aliphatic rings. The normalized spacial score (nSPS) is 10.8. The van der Waals surface area contributed by atoms with E-state index in [1.807, 2.05) is 4.57 Å². The number of aromatic nitrogens is 2. The Morgan fingerprint density at radius 1 is 1.29 bits per heavy atom. The largest absolute Gasteiger partial charge is 0.324 e. The van der Waals surface area contributed by atoms with Crippen LogP contribution in [0.5, 0.6) is 0 Å². The summed E-state index contributed by atoms with van der Waals surface area (Å²) in [6.45, 7) is 5.04. The number of rotatable bonds is 4. The molecule has 3 heteroatoms. The maximum absolute atomic E-state index is 10.8. The Hall–Kier alpha value is -1.90. The summed E-state index contributed by atoms with van der Waals surface area (Å²) in [4.78, 5) is 14.7. The minimum absolute atomic E-state index is 0.544. The van der Waals surface area contributed by atoms with E-state index in [0.717, 1.165) is 6.29 Å². The van der Waals surface area contributed by atoms with Gasteiger partial charge in [-0.05, 0) is 17.0 Å². The van der Waals surface area contributed by atoms with Crippen LogP contribution in [0.1, 0.15) is 41.4 Å². The summed E-state index contributed by atoms with van der Waals surface area (Å²) >= 11 is 0. The molecule has 1 heterocycles. The molecule has 17 heavy (non-hydrogen) atoms. The van der Waals surface area contributed by atoms with E-state index in [-0.39, 0.29) is 0 Å². The lowest BCUT2D eigenvalue weighted by Gasteiger charge is -2.08. The monoisotopic (exact) mass is 228 g/mol. The summed E-state index contributed by atoms with van der Waals surface area (Å²) in [6, 6.07) is 8.48. The van der Waals surface area contributed by atoms with Crippen LogP contribution in [0.2, 0.25) is 0 Å². The molecule has 1 aromatic heterocycles. The molecule has 0 saturated heterocycles. The Labute approximate surface area is 101 Å². The first kappa shape index (κ1) is 11.6. The zero-order valence-electron chi connectivity index (χ0n) is 10.1. The van der Waals surface area contributed by atoms with Crippen molar-refractivity contribution in [3.63, 3.8) is 0 Å². The van der Waals surface area contributed by atoms with Crippen LogP contribution in [0.15, 0.2) is 36.8 Å². The van der Waals surface area contributed by atoms with Crippen molar-refractivity contribution in [3.05, 3.63) is 53.6 Å². The Balaban J connectivity index is 2.16. The molecule has 0 unspecified atom stereocenters. The van der Waals surface area contributed by atoms with E-state index in [4.69, 9.17) is 0 Å². The van der Waals surface area contributed by atoms with Crippen molar-refractivity contribution >= 4 is 6.29 Å². The van der Waals surface area contributed by atoms with E-state index in [1.165, 1.54) is 11.1 Å². The lowest BCUT2D eigenvalue weighted by molar-refractivity contribution is 0.111. The van der Waals surface area contributed by atoms with E-state index in [1.54, 1.807) is 12.5 Å². The summed E-state index contributed by atoms with van der Waals surface area (Å²) in [7, 11) is 0. The number of hydrogen-bond donors (Lipinski definition) is 0. The van der Waals surface area contributed by atoms with Crippen LogP contribution in [0.4, 0.5) is 0 Å². The van der Waals surface area contributed by atoms with Gasteiger partial charge >= 0.3 is 0 Å². The predicted molar refractivity (Wildman–Crippen MR) is 67.2 cm³/mol. The van der Waals surface area contributed by atoms with Gasteiger partial charge in [0.05, 0.1) is 12.5 Å². The molecule has 0 fully saturated rings. The first-order valence-electron chi connectivity index (χ1n) is 5.75. The fourth-order valence-electron chi connectivity index (χ4n) is 1.77. The molecule has 2 rings (SSSR count). The zero-order chi connectivity index (χ0) is 12.3. The van der Waals surface area contributed by atoms with Gasteiger partial charge in [0.15, 0.2) is 6.29 Å². The first-order chi connectivity index (χ1) is 8.20. The fraction of sp³-hybridized carbons (Fsp3) is 0.286. The topological polar surface area (TPSA) is 34.9 Å². The highest BCUT2D eigenvalue weighted by Gasteiger charge is 2.02. The van der Waals surface area contributed by atoms with Gasteiger partial charge in [-0.2, -0.15) is 0 Å². The third-order valence-corrected chi connectivity index (χ3v) is 2.86. The number of imidazole rings is 1. The van der Waals surface area contributed by atoms with Gasteiger partial charge in [-0.3, -0.25) is 4.79 Å². The molecule has 0 N–H and O–H groups in total. The van der Waals surface area contributed by atoms with Gasteiger partial charge in [-0.1, -0.05) is 38.1 Å². The fourth-order valence-corrected chi connectivity index (χ4v) is 1.77. The highest BCUT2D eigenvalue weighted by Crippen LogP contribution is 2.15. The average Bonchev–Trinajstić information content (AvgIpc) is 2.77. The van der Waals surface area contributed by atoms with Crippen LogP contribution in [-0.4, -0.2) is 15.8 Å². The summed E-state index contributed by atoms with van der Waals surface area (Å²) in [6.07, 6.45) is 4.09. The molecule has 0 bridgehead atoms. The van der Waals surface area contributed by atoms with Gasteiger partial charge in [0, 0.05) is 6.54 Å². The molecule has 88 valence electrons. The molecule has 2 aromatic rings. The van der Waals surface area contributed by atoms with Crippen molar-refractivity contribution < 1.29 is 4.79 Å². The minimum atomic E-state index is 0.544. The van der Waals surface area contributed by atoms with Crippen LogP contribution < -0.4 is 0 Å².